The Morgan fingerprint density at radius 1 is 1.02 bits per heavy atom. The van der Waals surface area contributed by atoms with Crippen molar-refractivity contribution in [2.24, 2.45) is 5.10 Å². The predicted octanol–water partition coefficient (Wildman–Crippen LogP) is 4.63. The van der Waals surface area contributed by atoms with Crippen LogP contribution in [0.4, 0.5) is 5.69 Å². The Bertz CT molecular complexity index is 1520. The highest BCUT2D eigenvalue weighted by Crippen LogP contribution is 2.46. The monoisotopic (exact) mass is 578 g/mol. The van der Waals surface area contributed by atoms with Crippen LogP contribution in [0.25, 0.3) is 11.6 Å². The Balaban J connectivity index is 1.83. The maximum absolute atomic E-state index is 13.8. The molecule has 0 spiro atoms. The van der Waals surface area contributed by atoms with Crippen molar-refractivity contribution in [1.82, 2.24) is 5.01 Å². The van der Waals surface area contributed by atoms with Crippen molar-refractivity contribution in [3.63, 3.8) is 0 Å². The second-order valence-corrected chi connectivity index (χ2v) is 11.5. The van der Waals surface area contributed by atoms with Crippen molar-refractivity contribution in [3.8, 4) is 0 Å². The van der Waals surface area contributed by atoms with Crippen LogP contribution >= 0.6 is 0 Å². The first-order chi connectivity index (χ1) is 19.8. The molecule has 41 heavy (non-hydrogen) atoms. The molecular formula is C30H34N4O6S. The van der Waals surface area contributed by atoms with E-state index >= 15 is 0 Å². The van der Waals surface area contributed by atoms with E-state index in [9.17, 15) is 18.0 Å². The highest BCUT2D eigenvalue weighted by molar-refractivity contribution is 7.96. The minimum absolute atomic E-state index is 0.0114. The lowest BCUT2D eigenvalue weighted by molar-refractivity contribution is -0.140. The number of hydrazone groups is 1. The number of rotatable bonds is 11. The first-order valence-electron chi connectivity index (χ1n) is 13.5. The molecule has 0 amide bonds. The van der Waals surface area contributed by atoms with Crippen molar-refractivity contribution in [3.05, 3.63) is 70.1 Å². The van der Waals surface area contributed by atoms with Gasteiger partial charge in [0.25, 0.3) is 12.4 Å². The third kappa shape index (κ3) is 6.09. The van der Waals surface area contributed by atoms with Gasteiger partial charge in [0.05, 0.1) is 22.5 Å². The lowest BCUT2D eigenvalue weighted by Gasteiger charge is -2.24. The molecule has 2 aliphatic rings. The van der Waals surface area contributed by atoms with Gasteiger partial charge in [-0.15, -0.1) is 5.10 Å². The van der Waals surface area contributed by atoms with Gasteiger partial charge in [-0.2, -0.15) is 0 Å². The number of allylic oxidation sites excluding steroid dienone is 1. The zero-order valence-electron chi connectivity index (χ0n) is 23.4. The number of unbranched alkanes of at least 4 members (excludes halogenated alkanes) is 2. The third-order valence-electron chi connectivity index (χ3n) is 6.94. The van der Waals surface area contributed by atoms with Crippen molar-refractivity contribution in [2.75, 3.05) is 31.6 Å². The summed E-state index contributed by atoms with van der Waals surface area (Å²) in [5.74, 6) is -1.24. The number of nitrogens with one attached hydrogen (secondary N) is 1. The van der Waals surface area contributed by atoms with Crippen LogP contribution in [0, 0.1) is 5.41 Å². The largest absolute Gasteiger partial charge is 0.468 e. The molecule has 2 heterocycles. The van der Waals surface area contributed by atoms with E-state index in [1.807, 2.05) is 24.3 Å². The molecule has 0 radical (unpaired) electrons. The van der Waals surface area contributed by atoms with Crippen LogP contribution in [-0.2, 0) is 28.9 Å². The number of amidine groups is 1. The van der Waals surface area contributed by atoms with Gasteiger partial charge in [0.15, 0.2) is 5.84 Å². The van der Waals surface area contributed by atoms with Gasteiger partial charge in [-0.05, 0) is 42.7 Å². The quantitative estimate of drug-likeness (QED) is 0.302. The summed E-state index contributed by atoms with van der Waals surface area (Å²) in [6, 6.07) is 14.1. The molecule has 2 aromatic rings. The fraction of sp³-hybridized carbons (Fsp3) is 0.333. The topological polar surface area (TPSA) is 129 Å². The summed E-state index contributed by atoms with van der Waals surface area (Å²) in [5.41, 5.74) is 2.23. The van der Waals surface area contributed by atoms with Crippen LogP contribution < -0.4 is 4.90 Å². The number of nitrogens with zero attached hydrogens (tertiary/aromatic N) is 3. The van der Waals surface area contributed by atoms with Gasteiger partial charge in [-0.1, -0.05) is 57.0 Å². The lowest BCUT2D eigenvalue weighted by atomic mass is 9.97. The van der Waals surface area contributed by atoms with Crippen LogP contribution in [0.15, 0.2) is 69.0 Å². The van der Waals surface area contributed by atoms with E-state index in [0.717, 1.165) is 49.5 Å². The highest BCUT2D eigenvalue weighted by Gasteiger charge is 2.43. The standard InChI is InChI=1S/C30H34N4O6S/c1-4-6-16-33(17-7-5-2)22-14-12-21(13-15-22)18-25-27(23-10-8-9-11-24(23)41(25,37)38)28-29(31)34(19-26(36)39-3)32-30(28)40-20-35/h8-15,18,20,31H,4-7,16-17,19H2,1-3H3. The number of fused-ring (bicyclic) bond motifs is 1. The summed E-state index contributed by atoms with van der Waals surface area (Å²) in [5, 5.41) is 13.9. The summed E-state index contributed by atoms with van der Waals surface area (Å²) < 4.78 is 37.4. The average Bonchev–Trinajstić information content (AvgIpc) is 3.38. The van der Waals surface area contributed by atoms with E-state index in [1.54, 1.807) is 24.3 Å². The van der Waals surface area contributed by atoms with Gasteiger partial charge >= 0.3 is 5.97 Å². The first kappa shape index (κ1) is 29.7. The van der Waals surface area contributed by atoms with Gasteiger partial charge < -0.3 is 14.4 Å². The van der Waals surface area contributed by atoms with Crippen molar-refractivity contribution in [1.29, 1.82) is 5.41 Å². The molecule has 0 saturated heterocycles. The lowest BCUT2D eigenvalue weighted by Crippen LogP contribution is -2.29. The SMILES string of the molecule is CCCCN(CCCC)c1ccc(C=C2C(=C3C(=N)N(CC(=O)OC)N=C3OC=O)c3ccccc3S2(=O)=O)cc1. The van der Waals surface area contributed by atoms with Crippen molar-refractivity contribution >= 4 is 51.3 Å². The summed E-state index contributed by atoms with van der Waals surface area (Å²) in [4.78, 5) is 25.6. The Morgan fingerprint density at radius 2 is 1.68 bits per heavy atom. The number of hydrogen-bond acceptors (Lipinski definition) is 9. The molecule has 2 aromatic carbocycles. The van der Waals surface area contributed by atoms with Crippen LogP contribution in [-0.4, -0.2) is 64.3 Å². The van der Waals surface area contributed by atoms with Crippen LogP contribution in [0.1, 0.15) is 50.7 Å². The maximum Gasteiger partial charge on any atom is 0.327 e. The highest BCUT2D eigenvalue weighted by atomic mass is 32.2. The Morgan fingerprint density at radius 3 is 2.29 bits per heavy atom. The molecule has 0 atom stereocenters. The number of ether oxygens (including phenoxy) is 2. The molecule has 0 aromatic heterocycles. The van der Waals surface area contributed by atoms with Gasteiger partial charge in [0.2, 0.25) is 9.84 Å². The van der Waals surface area contributed by atoms with Crippen molar-refractivity contribution < 1.29 is 27.5 Å². The summed E-state index contributed by atoms with van der Waals surface area (Å²) >= 11 is 0. The summed E-state index contributed by atoms with van der Waals surface area (Å²) in [6.45, 7) is 5.94. The Labute approximate surface area is 240 Å². The van der Waals surface area contributed by atoms with E-state index in [2.05, 4.69) is 23.8 Å². The van der Waals surface area contributed by atoms with E-state index in [4.69, 9.17) is 14.9 Å². The van der Waals surface area contributed by atoms with Gasteiger partial charge in [-0.3, -0.25) is 15.0 Å². The smallest absolute Gasteiger partial charge is 0.327 e. The fourth-order valence-corrected chi connectivity index (χ4v) is 6.52. The Kier molecular flexibility index (Phi) is 9.38. The maximum atomic E-state index is 13.8. The van der Waals surface area contributed by atoms with Crippen LogP contribution in [0.3, 0.4) is 0 Å². The third-order valence-corrected chi connectivity index (χ3v) is 8.77. The van der Waals surface area contributed by atoms with Gasteiger partial charge in [-0.25, -0.2) is 13.4 Å². The van der Waals surface area contributed by atoms with Gasteiger partial charge in [0, 0.05) is 29.9 Å². The molecule has 0 bridgehead atoms. The number of methoxy groups -OCH3 is 1. The molecule has 0 fully saturated rings. The first-order valence-corrected chi connectivity index (χ1v) is 15.0. The van der Waals surface area contributed by atoms with E-state index < -0.39 is 22.4 Å². The molecule has 4 rings (SSSR count). The molecule has 11 heteroatoms. The number of sulfone groups is 1. The minimum Gasteiger partial charge on any atom is -0.468 e. The number of benzene rings is 2. The molecule has 2 aliphatic heterocycles. The summed E-state index contributed by atoms with van der Waals surface area (Å²) in [7, 11) is -2.80. The molecule has 0 saturated carbocycles. The minimum atomic E-state index is -4.00. The number of esters is 1. The van der Waals surface area contributed by atoms with Crippen LogP contribution in [0.2, 0.25) is 0 Å². The predicted molar refractivity (Wildman–Crippen MR) is 158 cm³/mol. The number of hydrogen-bond donors (Lipinski definition) is 1. The molecule has 10 nitrogen and oxygen atoms in total. The molecular weight excluding hydrogens is 544 g/mol. The number of anilines is 1. The number of carbonyl (C=O) groups is 2. The molecule has 216 valence electrons. The Hall–Kier alpha value is -4.25. The molecule has 1 N–H and O–H groups in total. The number of carbonyl (C=O) groups excluding carboxylic acids is 2. The zero-order valence-corrected chi connectivity index (χ0v) is 24.2. The van der Waals surface area contributed by atoms with E-state index in [0.29, 0.717) is 11.1 Å². The van der Waals surface area contributed by atoms with Crippen LogP contribution in [0.5, 0.6) is 0 Å². The van der Waals surface area contributed by atoms with Gasteiger partial charge in [0.1, 0.15) is 6.54 Å². The second-order valence-electron chi connectivity index (χ2n) is 9.65. The average molecular weight is 579 g/mol. The fourth-order valence-electron chi connectivity index (χ4n) is 4.80. The summed E-state index contributed by atoms with van der Waals surface area (Å²) in [6.07, 6.45) is 5.89. The van der Waals surface area contributed by atoms with Crippen molar-refractivity contribution in [2.45, 2.75) is 44.4 Å². The van der Waals surface area contributed by atoms with E-state index in [1.165, 1.54) is 13.2 Å². The normalized spacial score (nSPS) is 18.3. The zero-order chi connectivity index (χ0) is 29.6. The molecule has 0 aliphatic carbocycles. The van der Waals surface area contributed by atoms with E-state index in [-0.39, 0.29) is 39.2 Å². The molecule has 0 unspecified atom stereocenters. The second kappa shape index (κ2) is 12.9.